The normalized spacial score (nSPS) is 21.5. The zero-order valence-corrected chi connectivity index (χ0v) is 12.2. The van der Waals surface area contributed by atoms with Crippen LogP contribution in [0.25, 0.3) is 0 Å². The molecule has 112 valence electrons. The van der Waals surface area contributed by atoms with Crippen LogP contribution in [0.3, 0.4) is 0 Å². The first kappa shape index (κ1) is 15.4. The van der Waals surface area contributed by atoms with Crippen molar-refractivity contribution in [2.75, 3.05) is 0 Å². The standard InChI is InChI=1S/C12H18BF3N2O2/c1-8-6-18(7-12(14,15)16)17-9(8)13-19-10(2,3)11(4,5)20-13/h6H,7H2,1-5H3. The van der Waals surface area contributed by atoms with Crippen LogP contribution in [0.15, 0.2) is 6.20 Å². The lowest BCUT2D eigenvalue weighted by molar-refractivity contribution is -0.142. The molecular weight excluding hydrogens is 272 g/mol. The molecule has 0 saturated carbocycles. The van der Waals surface area contributed by atoms with Gasteiger partial charge in [0.15, 0.2) is 0 Å². The highest BCUT2D eigenvalue weighted by Crippen LogP contribution is 2.36. The van der Waals surface area contributed by atoms with E-state index in [4.69, 9.17) is 9.31 Å². The van der Waals surface area contributed by atoms with Gasteiger partial charge in [0.05, 0.1) is 16.8 Å². The average molecular weight is 290 g/mol. The maximum Gasteiger partial charge on any atom is 0.516 e. The van der Waals surface area contributed by atoms with Crippen molar-refractivity contribution in [2.24, 2.45) is 0 Å². The third kappa shape index (κ3) is 2.86. The van der Waals surface area contributed by atoms with E-state index >= 15 is 0 Å². The second-order valence-corrected chi connectivity index (χ2v) is 6.10. The van der Waals surface area contributed by atoms with Gasteiger partial charge in [-0.05, 0) is 40.2 Å². The summed E-state index contributed by atoms with van der Waals surface area (Å²) in [6.45, 7) is 8.11. The maximum atomic E-state index is 12.4. The molecule has 4 nitrogen and oxygen atoms in total. The lowest BCUT2D eigenvalue weighted by atomic mass is 9.82. The molecule has 0 atom stereocenters. The fourth-order valence-electron chi connectivity index (χ4n) is 1.99. The summed E-state index contributed by atoms with van der Waals surface area (Å²) in [5, 5.41) is 3.95. The van der Waals surface area contributed by atoms with Crippen LogP contribution in [0.2, 0.25) is 0 Å². The van der Waals surface area contributed by atoms with Crippen LogP contribution in [-0.4, -0.2) is 34.3 Å². The molecule has 8 heteroatoms. The van der Waals surface area contributed by atoms with Crippen LogP contribution < -0.4 is 5.59 Å². The summed E-state index contributed by atoms with van der Waals surface area (Å²) in [4.78, 5) is 0. The van der Waals surface area contributed by atoms with E-state index in [1.807, 2.05) is 27.7 Å². The Morgan fingerprint density at radius 1 is 1.20 bits per heavy atom. The van der Waals surface area contributed by atoms with E-state index in [2.05, 4.69) is 5.10 Å². The lowest BCUT2D eigenvalue weighted by Crippen LogP contribution is -2.41. The Bertz CT molecular complexity index is 495. The Hall–Kier alpha value is -1.02. The smallest absolute Gasteiger partial charge is 0.398 e. The first-order valence-corrected chi connectivity index (χ1v) is 6.38. The molecule has 0 spiro atoms. The maximum absolute atomic E-state index is 12.4. The quantitative estimate of drug-likeness (QED) is 0.782. The molecule has 0 N–H and O–H groups in total. The van der Waals surface area contributed by atoms with Crippen LogP contribution in [-0.2, 0) is 15.9 Å². The number of aryl methyl sites for hydroxylation is 1. The highest BCUT2D eigenvalue weighted by atomic mass is 19.4. The topological polar surface area (TPSA) is 36.3 Å². The number of nitrogens with zero attached hydrogens (tertiary/aromatic N) is 2. The molecule has 1 aromatic heterocycles. The van der Waals surface area contributed by atoms with Crippen molar-refractivity contribution in [2.45, 2.75) is 58.5 Å². The van der Waals surface area contributed by atoms with Crippen molar-refractivity contribution in [1.82, 2.24) is 9.78 Å². The number of aromatic nitrogens is 2. The fourth-order valence-corrected chi connectivity index (χ4v) is 1.99. The van der Waals surface area contributed by atoms with E-state index in [9.17, 15) is 13.2 Å². The third-order valence-corrected chi connectivity index (χ3v) is 3.80. The van der Waals surface area contributed by atoms with Gasteiger partial charge in [0.25, 0.3) is 0 Å². The Balaban J connectivity index is 2.23. The summed E-state index contributed by atoms with van der Waals surface area (Å²) in [6.07, 6.45) is -2.94. The molecule has 0 aromatic carbocycles. The van der Waals surface area contributed by atoms with E-state index < -0.39 is 31.0 Å². The zero-order chi connectivity index (χ0) is 15.3. The molecular formula is C12H18BF3N2O2. The largest absolute Gasteiger partial charge is 0.516 e. The molecule has 20 heavy (non-hydrogen) atoms. The van der Waals surface area contributed by atoms with E-state index in [1.165, 1.54) is 6.20 Å². The summed E-state index contributed by atoms with van der Waals surface area (Å²) < 4.78 is 49.6. The molecule has 1 aliphatic heterocycles. The summed E-state index contributed by atoms with van der Waals surface area (Å²) in [7, 11) is -0.741. The molecule has 0 radical (unpaired) electrons. The first-order chi connectivity index (χ1) is 8.91. The van der Waals surface area contributed by atoms with Gasteiger partial charge in [-0.25, -0.2) is 0 Å². The lowest BCUT2D eigenvalue weighted by Gasteiger charge is -2.32. The van der Waals surface area contributed by atoms with Crippen LogP contribution >= 0.6 is 0 Å². The van der Waals surface area contributed by atoms with Gasteiger partial charge in [0, 0.05) is 6.20 Å². The van der Waals surface area contributed by atoms with Crippen molar-refractivity contribution in [3.63, 3.8) is 0 Å². The van der Waals surface area contributed by atoms with Gasteiger partial charge in [-0.15, -0.1) is 0 Å². The molecule has 1 aliphatic rings. The van der Waals surface area contributed by atoms with Gasteiger partial charge in [0.2, 0.25) is 0 Å². The Labute approximate surface area is 116 Å². The molecule has 2 heterocycles. The van der Waals surface area contributed by atoms with E-state index in [0.29, 0.717) is 11.2 Å². The Morgan fingerprint density at radius 3 is 2.15 bits per heavy atom. The van der Waals surface area contributed by atoms with Crippen LogP contribution in [0.5, 0.6) is 0 Å². The number of halogens is 3. The molecule has 1 saturated heterocycles. The number of alkyl halides is 3. The predicted molar refractivity (Wildman–Crippen MR) is 68.7 cm³/mol. The summed E-state index contributed by atoms with van der Waals surface area (Å²) in [5.41, 5.74) is -0.0730. The van der Waals surface area contributed by atoms with E-state index in [0.717, 1.165) is 4.68 Å². The minimum atomic E-state index is -4.30. The molecule has 0 aliphatic carbocycles. The van der Waals surface area contributed by atoms with E-state index in [1.54, 1.807) is 6.92 Å². The van der Waals surface area contributed by atoms with Crippen molar-refractivity contribution < 1.29 is 22.5 Å². The number of rotatable bonds is 2. The highest BCUT2D eigenvalue weighted by Gasteiger charge is 2.53. The minimum absolute atomic E-state index is 0.396. The molecule has 2 rings (SSSR count). The third-order valence-electron chi connectivity index (χ3n) is 3.80. The molecule has 0 amide bonds. The fraction of sp³-hybridized carbons (Fsp3) is 0.750. The first-order valence-electron chi connectivity index (χ1n) is 6.38. The number of hydrogen-bond donors (Lipinski definition) is 0. The number of hydrogen-bond acceptors (Lipinski definition) is 3. The summed E-state index contributed by atoms with van der Waals surface area (Å²) in [6, 6.07) is 0. The second-order valence-electron chi connectivity index (χ2n) is 6.10. The van der Waals surface area contributed by atoms with Gasteiger partial charge < -0.3 is 9.31 Å². The van der Waals surface area contributed by atoms with E-state index in [-0.39, 0.29) is 0 Å². The zero-order valence-electron chi connectivity index (χ0n) is 12.2. The van der Waals surface area contributed by atoms with Gasteiger partial charge in [-0.1, -0.05) is 0 Å². The van der Waals surface area contributed by atoms with Crippen molar-refractivity contribution >= 4 is 12.7 Å². The summed E-state index contributed by atoms with van der Waals surface area (Å²) >= 11 is 0. The second kappa shape index (κ2) is 4.49. The van der Waals surface area contributed by atoms with Gasteiger partial charge in [0.1, 0.15) is 6.54 Å². The monoisotopic (exact) mass is 290 g/mol. The Kier molecular flexibility index (Phi) is 3.45. The van der Waals surface area contributed by atoms with Crippen molar-refractivity contribution in [3.8, 4) is 0 Å². The average Bonchev–Trinajstić information content (AvgIpc) is 2.63. The minimum Gasteiger partial charge on any atom is -0.398 e. The van der Waals surface area contributed by atoms with Gasteiger partial charge in [-0.2, -0.15) is 18.3 Å². The van der Waals surface area contributed by atoms with Crippen LogP contribution in [0.1, 0.15) is 33.3 Å². The van der Waals surface area contributed by atoms with Crippen molar-refractivity contribution in [1.29, 1.82) is 0 Å². The van der Waals surface area contributed by atoms with Crippen LogP contribution in [0, 0.1) is 6.92 Å². The predicted octanol–water partition coefficient (Wildman–Crippen LogP) is 2.05. The molecule has 0 unspecified atom stereocenters. The molecule has 1 fully saturated rings. The van der Waals surface area contributed by atoms with Crippen molar-refractivity contribution in [3.05, 3.63) is 11.8 Å². The Morgan fingerprint density at radius 2 is 1.70 bits per heavy atom. The summed E-state index contributed by atoms with van der Waals surface area (Å²) in [5.74, 6) is 0. The van der Waals surface area contributed by atoms with Gasteiger partial charge >= 0.3 is 13.3 Å². The SMILES string of the molecule is Cc1cn(CC(F)(F)F)nc1B1OC(C)(C)C(C)(C)O1. The molecule has 0 bridgehead atoms. The van der Waals surface area contributed by atoms with Gasteiger partial charge in [-0.3, -0.25) is 4.68 Å². The van der Waals surface area contributed by atoms with Crippen LogP contribution in [0.4, 0.5) is 13.2 Å². The molecule has 1 aromatic rings. The highest BCUT2D eigenvalue weighted by molar-refractivity contribution is 6.61.